The van der Waals surface area contributed by atoms with Gasteiger partial charge in [0.25, 0.3) is 0 Å². The number of alkyl halides is 1. The van der Waals surface area contributed by atoms with E-state index in [1.54, 1.807) is 32.9 Å². The molecule has 37 heavy (non-hydrogen) atoms. The van der Waals surface area contributed by atoms with Crippen LogP contribution in [0.1, 0.15) is 62.3 Å². The Balaban J connectivity index is 0.000000577. The van der Waals surface area contributed by atoms with E-state index in [1.165, 1.54) is 24.3 Å². The minimum absolute atomic E-state index is 0.0810. The molecule has 0 spiro atoms. The van der Waals surface area contributed by atoms with E-state index < -0.39 is 11.6 Å². The fourth-order valence-corrected chi connectivity index (χ4v) is 2.67. The van der Waals surface area contributed by atoms with Crippen molar-refractivity contribution in [1.29, 1.82) is 0 Å². The normalized spacial score (nSPS) is 10.5. The molecule has 0 radical (unpaired) electrons. The number of carbonyl (C=O) groups is 4. The van der Waals surface area contributed by atoms with Gasteiger partial charge in [-0.2, -0.15) is 0 Å². The van der Waals surface area contributed by atoms with Gasteiger partial charge in [-0.05, 0) is 77.9 Å². The van der Waals surface area contributed by atoms with Gasteiger partial charge in [-0.3, -0.25) is 14.4 Å². The third kappa shape index (κ3) is 16.7. The summed E-state index contributed by atoms with van der Waals surface area (Å²) in [5, 5.41) is 10.1. The van der Waals surface area contributed by atoms with Crippen LogP contribution >= 0.6 is 39.1 Å². The fraction of sp³-hybridized carbons (Fsp3) is 0.385. The molecule has 0 bridgehead atoms. The number of hydrogen-bond acceptors (Lipinski definition) is 8. The Morgan fingerprint density at radius 3 is 1.70 bits per heavy atom. The lowest BCUT2D eigenvalue weighted by atomic mass is 10.2. The number of hydrogen-bond donors (Lipinski definition) is 1. The maximum Gasteiger partial charge on any atom is 0.344 e. The molecule has 0 aliphatic heterocycles. The van der Waals surface area contributed by atoms with Gasteiger partial charge >= 0.3 is 11.9 Å². The molecular weight excluding hydrogens is 591 g/mol. The van der Waals surface area contributed by atoms with Crippen molar-refractivity contribution < 1.29 is 38.5 Å². The minimum Gasteiger partial charge on any atom is -0.507 e. The largest absolute Gasteiger partial charge is 0.507 e. The van der Waals surface area contributed by atoms with E-state index in [-0.39, 0.29) is 40.6 Å². The number of phenolic OH excluding ortho intramolecular Hbond substituents is 1. The summed E-state index contributed by atoms with van der Waals surface area (Å²) in [6.45, 7) is 10.6. The number of phenols is 1. The number of ether oxygens (including phenoxy) is 3. The SMILES string of the molecule is CC(C)(C)OC(=O)CBr.CC(C)(C)OC(=O)COc1cc(Cl)ccc1C=O.O=Cc1ccc(Cl)cc1O. The summed E-state index contributed by atoms with van der Waals surface area (Å²) >= 11 is 14.3. The van der Waals surface area contributed by atoms with Crippen molar-refractivity contribution in [2.24, 2.45) is 0 Å². The molecule has 204 valence electrons. The van der Waals surface area contributed by atoms with Gasteiger partial charge in [0.2, 0.25) is 0 Å². The second kappa shape index (κ2) is 16.3. The molecule has 0 unspecified atom stereocenters. The zero-order chi connectivity index (χ0) is 28.8. The molecule has 11 heteroatoms. The first-order valence-electron chi connectivity index (χ1n) is 10.8. The lowest BCUT2D eigenvalue weighted by molar-refractivity contribution is -0.157. The molecule has 0 aromatic heterocycles. The van der Waals surface area contributed by atoms with E-state index in [0.717, 1.165) is 0 Å². The van der Waals surface area contributed by atoms with Crippen LogP contribution in [0.2, 0.25) is 10.0 Å². The van der Waals surface area contributed by atoms with Crippen molar-refractivity contribution in [1.82, 2.24) is 0 Å². The third-order valence-corrected chi connectivity index (χ3v) is 4.44. The molecule has 0 fully saturated rings. The van der Waals surface area contributed by atoms with Crippen LogP contribution in [-0.4, -0.2) is 52.8 Å². The maximum atomic E-state index is 11.4. The van der Waals surface area contributed by atoms with Crippen LogP contribution < -0.4 is 4.74 Å². The second-order valence-electron chi connectivity index (χ2n) is 9.22. The summed E-state index contributed by atoms with van der Waals surface area (Å²) in [7, 11) is 0. The van der Waals surface area contributed by atoms with Crippen LogP contribution in [0, 0.1) is 0 Å². The highest BCUT2D eigenvalue weighted by Gasteiger charge is 2.17. The first-order chi connectivity index (χ1) is 17.0. The van der Waals surface area contributed by atoms with E-state index in [4.69, 9.17) is 42.5 Å². The predicted molar refractivity (Wildman–Crippen MR) is 146 cm³/mol. The van der Waals surface area contributed by atoms with Gasteiger partial charge in [-0.15, -0.1) is 0 Å². The first-order valence-corrected chi connectivity index (χ1v) is 12.7. The number of aldehydes is 2. The van der Waals surface area contributed by atoms with Gasteiger partial charge < -0.3 is 19.3 Å². The first kappa shape index (κ1) is 34.4. The molecule has 0 aliphatic carbocycles. The summed E-state index contributed by atoms with van der Waals surface area (Å²) in [5.74, 6) is -0.535. The van der Waals surface area contributed by atoms with Gasteiger partial charge in [0.05, 0.1) is 11.1 Å². The van der Waals surface area contributed by atoms with Gasteiger partial charge in [0.1, 0.15) is 28.0 Å². The number of benzene rings is 2. The lowest BCUT2D eigenvalue weighted by Crippen LogP contribution is -2.27. The van der Waals surface area contributed by atoms with Crippen molar-refractivity contribution in [2.75, 3.05) is 11.9 Å². The van der Waals surface area contributed by atoms with E-state index >= 15 is 0 Å². The molecule has 0 heterocycles. The maximum absolute atomic E-state index is 11.4. The average Bonchev–Trinajstić information content (AvgIpc) is 2.76. The van der Waals surface area contributed by atoms with E-state index in [9.17, 15) is 19.2 Å². The Morgan fingerprint density at radius 2 is 1.30 bits per heavy atom. The van der Waals surface area contributed by atoms with E-state index in [1.807, 2.05) is 20.8 Å². The van der Waals surface area contributed by atoms with Crippen molar-refractivity contribution in [3.05, 3.63) is 57.6 Å². The summed E-state index contributed by atoms with van der Waals surface area (Å²) in [6.07, 6.45) is 1.21. The lowest BCUT2D eigenvalue weighted by Gasteiger charge is -2.19. The van der Waals surface area contributed by atoms with E-state index in [2.05, 4.69) is 15.9 Å². The summed E-state index contributed by atoms with van der Waals surface area (Å²) in [6, 6.07) is 8.92. The highest BCUT2D eigenvalue weighted by Crippen LogP contribution is 2.22. The highest BCUT2D eigenvalue weighted by molar-refractivity contribution is 9.09. The third-order valence-electron chi connectivity index (χ3n) is 3.52. The Hall–Kier alpha value is -2.62. The Kier molecular flexibility index (Phi) is 15.1. The van der Waals surface area contributed by atoms with E-state index in [0.29, 0.717) is 28.2 Å². The molecule has 2 aromatic carbocycles. The summed E-state index contributed by atoms with van der Waals surface area (Å²) < 4.78 is 15.2. The molecule has 1 N–H and O–H groups in total. The molecular formula is C26H31BrCl2O8. The molecule has 2 rings (SSSR count). The zero-order valence-corrected chi connectivity index (χ0v) is 24.6. The number of esters is 2. The summed E-state index contributed by atoms with van der Waals surface area (Å²) in [5.41, 5.74) is -0.333. The monoisotopic (exact) mass is 620 g/mol. The average molecular weight is 622 g/mol. The fourth-order valence-electron chi connectivity index (χ4n) is 2.22. The Morgan fingerprint density at radius 1 is 0.838 bits per heavy atom. The Bertz CT molecular complexity index is 1060. The second-order valence-corrected chi connectivity index (χ2v) is 10.6. The van der Waals surface area contributed by atoms with Crippen LogP contribution in [0.3, 0.4) is 0 Å². The molecule has 0 atom stereocenters. The predicted octanol–water partition coefficient (Wildman–Crippen LogP) is 6.45. The molecule has 2 aromatic rings. The highest BCUT2D eigenvalue weighted by atomic mass is 79.9. The molecule has 0 saturated heterocycles. The molecule has 0 saturated carbocycles. The van der Waals surface area contributed by atoms with Gasteiger partial charge in [0.15, 0.2) is 19.2 Å². The quantitative estimate of drug-likeness (QED) is 0.222. The number of carbonyl (C=O) groups excluding carboxylic acids is 4. The molecule has 0 amide bonds. The van der Waals surface area contributed by atoms with Crippen LogP contribution in [0.15, 0.2) is 36.4 Å². The Labute approximate surface area is 235 Å². The van der Waals surface area contributed by atoms with Gasteiger partial charge in [0, 0.05) is 10.0 Å². The molecule has 8 nitrogen and oxygen atoms in total. The van der Waals surface area contributed by atoms with Gasteiger partial charge in [-0.25, -0.2) is 4.79 Å². The van der Waals surface area contributed by atoms with Crippen LogP contribution in [0.4, 0.5) is 0 Å². The van der Waals surface area contributed by atoms with Crippen molar-refractivity contribution >= 4 is 63.6 Å². The van der Waals surface area contributed by atoms with Crippen LogP contribution in [-0.2, 0) is 19.1 Å². The van der Waals surface area contributed by atoms with Crippen molar-refractivity contribution in [2.45, 2.75) is 52.7 Å². The van der Waals surface area contributed by atoms with Crippen LogP contribution in [0.5, 0.6) is 11.5 Å². The topological polar surface area (TPSA) is 116 Å². The minimum atomic E-state index is -0.567. The van der Waals surface area contributed by atoms with Crippen LogP contribution in [0.25, 0.3) is 0 Å². The molecule has 0 aliphatic rings. The smallest absolute Gasteiger partial charge is 0.344 e. The number of aromatic hydroxyl groups is 1. The van der Waals surface area contributed by atoms with Crippen molar-refractivity contribution in [3.8, 4) is 11.5 Å². The zero-order valence-electron chi connectivity index (χ0n) is 21.5. The summed E-state index contributed by atoms with van der Waals surface area (Å²) in [4.78, 5) is 42.9. The van der Waals surface area contributed by atoms with Gasteiger partial charge in [-0.1, -0.05) is 39.1 Å². The number of rotatable bonds is 6. The number of halogens is 3. The van der Waals surface area contributed by atoms with Crippen molar-refractivity contribution in [3.63, 3.8) is 0 Å². The standard InChI is InChI=1S/C13H15ClO4.C7H5ClO2.C6H11BrO2/c1-13(2,3)18-12(16)8-17-11-6-10(14)5-4-9(11)7-15;8-6-2-1-5(4-9)7(10)3-6;1-6(2,3)9-5(8)4-7/h4-7H,8H2,1-3H3;1-4,10H;4H2,1-3H3.